The van der Waals surface area contributed by atoms with Gasteiger partial charge in [-0.15, -0.1) is 0 Å². The van der Waals surface area contributed by atoms with Crippen LogP contribution in [0.25, 0.3) is 6.08 Å². The third-order valence-electron chi connectivity index (χ3n) is 5.56. The van der Waals surface area contributed by atoms with Crippen LogP contribution in [0, 0.1) is 11.9 Å². The number of methoxy groups -OCH3 is 1. The molecule has 2 aliphatic rings. The number of carbonyl (C=O) groups is 2. The average Bonchev–Trinajstić information content (AvgIpc) is 3.10. The van der Waals surface area contributed by atoms with Crippen LogP contribution in [-0.2, 0) is 11.2 Å². The molecular weight excluding hydrogens is 433 g/mol. The Labute approximate surface area is 189 Å². The lowest BCUT2D eigenvalue weighted by Gasteiger charge is -2.32. The molecule has 2 aromatic heterocycles. The molecule has 10 heteroatoms. The zero-order valence-corrected chi connectivity index (χ0v) is 18.5. The number of aromatic nitrogens is 3. The molecule has 0 spiro atoms. The van der Waals surface area contributed by atoms with Crippen LogP contribution in [-0.4, -0.2) is 46.3 Å². The Morgan fingerprint density at radius 1 is 1.25 bits per heavy atom. The summed E-state index contributed by atoms with van der Waals surface area (Å²) in [6, 6.07) is 6.56. The maximum Gasteiger partial charge on any atom is 0.290 e. The number of hydrogen-bond donors (Lipinski definition) is 1. The third kappa shape index (κ3) is 5.61. The Hall–Kier alpha value is -3.01. The monoisotopic (exact) mass is 457 g/mol. The van der Waals surface area contributed by atoms with E-state index in [0.717, 1.165) is 62.6 Å². The number of anilines is 1. The summed E-state index contributed by atoms with van der Waals surface area (Å²) in [4.78, 5) is 38.6. The number of ether oxygens (including phenoxy) is 1. The Bertz CT molecular complexity index is 1040. The molecule has 2 aliphatic heterocycles. The van der Waals surface area contributed by atoms with Gasteiger partial charge >= 0.3 is 0 Å². The molecule has 0 unspecified atom stereocenters. The number of aryl methyl sites for hydroxylation is 1. The number of piperidine rings is 1. The van der Waals surface area contributed by atoms with Crippen molar-refractivity contribution in [3.63, 3.8) is 0 Å². The number of nitrogens with one attached hydrogen (secondary N) is 1. The molecule has 2 saturated heterocycles. The van der Waals surface area contributed by atoms with Crippen molar-refractivity contribution in [1.82, 2.24) is 20.3 Å². The summed E-state index contributed by atoms with van der Waals surface area (Å²) in [6.07, 6.45) is 6.44. The van der Waals surface area contributed by atoms with E-state index < -0.39 is 17.1 Å². The van der Waals surface area contributed by atoms with E-state index in [4.69, 9.17) is 4.74 Å². The third-order valence-corrected chi connectivity index (χ3v) is 6.37. The fraction of sp³-hybridized carbons (Fsp3) is 0.409. The van der Waals surface area contributed by atoms with Crippen LogP contribution in [0.5, 0.6) is 5.88 Å². The van der Waals surface area contributed by atoms with Gasteiger partial charge in [-0.2, -0.15) is 9.37 Å². The highest BCUT2D eigenvalue weighted by molar-refractivity contribution is 8.18. The summed E-state index contributed by atoms with van der Waals surface area (Å²) in [5.74, 6) is 0.697. The van der Waals surface area contributed by atoms with Gasteiger partial charge in [0.1, 0.15) is 0 Å². The molecule has 0 saturated carbocycles. The molecule has 2 aromatic rings. The highest BCUT2D eigenvalue weighted by atomic mass is 32.2. The summed E-state index contributed by atoms with van der Waals surface area (Å²) in [5, 5.41) is 1.85. The van der Waals surface area contributed by atoms with E-state index in [0.29, 0.717) is 28.3 Å². The normalized spacial score (nSPS) is 18.3. The number of pyridine rings is 1. The Balaban J connectivity index is 1.35. The van der Waals surface area contributed by atoms with Crippen molar-refractivity contribution in [3.05, 3.63) is 46.5 Å². The van der Waals surface area contributed by atoms with E-state index in [1.165, 1.54) is 13.2 Å². The van der Waals surface area contributed by atoms with E-state index in [9.17, 15) is 14.0 Å². The quantitative estimate of drug-likeness (QED) is 0.498. The molecular formula is C22H24FN5O3S. The van der Waals surface area contributed by atoms with Crippen LogP contribution < -0.4 is 15.0 Å². The number of imide groups is 1. The molecule has 0 aromatic carbocycles. The van der Waals surface area contributed by atoms with Gasteiger partial charge in [-0.3, -0.25) is 14.9 Å². The van der Waals surface area contributed by atoms with E-state index in [1.54, 1.807) is 18.2 Å². The second kappa shape index (κ2) is 10.1. The molecule has 4 heterocycles. The van der Waals surface area contributed by atoms with Crippen LogP contribution in [0.3, 0.4) is 0 Å². The first-order valence-corrected chi connectivity index (χ1v) is 11.4. The van der Waals surface area contributed by atoms with Gasteiger partial charge in [-0.05, 0) is 68.0 Å². The first-order valence-electron chi connectivity index (χ1n) is 10.5. The van der Waals surface area contributed by atoms with Crippen molar-refractivity contribution in [2.24, 2.45) is 5.92 Å². The molecule has 0 bridgehead atoms. The Morgan fingerprint density at radius 2 is 2.06 bits per heavy atom. The SMILES string of the molecule is COc1cc(/C=C2\SC(=O)NC2=O)nc(N2CCC(CCCc3cccc(F)n3)CC2)n1. The molecule has 4 rings (SSSR count). The van der Waals surface area contributed by atoms with Crippen molar-refractivity contribution < 1.29 is 18.7 Å². The maximum absolute atomic E-state index is 13.2. The standard InChI is InChI=1S/C22H24FN5O3S/c1-31-19-13-16(12-17-20(29)27-22(30)32-17)25-21(26-19)28-10-8-14(9-11-28)4-2-5-15-6-3-7-18(23)24-15/h3,6-7,12-14H,2,4-5,8-11H2,1H3,(H,27,29,30)/b17-12-. The number of nitrogens with zero attached hydrogens (tertiary/aromatic N) is 4. The van der Waals surface area contributed by atoms with Gasteiger partial charge in [-0.1, -0.05) is 6.07 Å². The molecule has 32 heavy (non-hydrogen) atoms. The van der Waals surface area contributed by atoms with Gasteiger partial charge < -0.3 is 9.64 Å². The molecule has 2 fully saturated rings. The van der Waals surface area contributed by atoms with E-state index >= 15 is 0 Å². The average molecular weight is 458 g/mol. The van der Waals surface area contributed by atoms with E-state index in [2.05, 4.69) is 25.2 Å². The molecule has 0 aliphatic carbocycles. The van der Waals surface area contributed by atoms with Gasteiger partial charge in [0, 0.05) is 24.8 Å². The molecule has 168 valence electrons. The fourth-order valence-electron chi connectivity index (χ4n) is 3.89. The van der Waals surface area contributed by atoms with Crippen molar-refractivity contribution >= 4 is 34.9 Å². The topological polar surface area (TPSA) is 97.3 Å². The fourth-order valence-corrected chi connectivity index (χ4v) is 4.56. The number of hydrogen-bond acceptors (Lipinski definition) is 8. The van der Waals surface area contributed by atoms with Crippen molar-refractivity contribution in [1.29, 1.82) is 0 Å². The van der Waals surface area contributed by atoms with Crippen LogP contribution in [0.1, 0.15) is 37.1 Å². The number of thioether (sulfide) groups is 1. The molecule has 1 N–H and O–H groups in total. The van der Waals surface area contributed by atoms with Gasteiger partial charge in [0.05, 0.1) is 17.7 Å². The predicted molar refractivity (Wildman–Crippen MR) is 120 cm³/mol. The summed E-state index contributed by atoms with van der Waals surface area (Å²) in [6.45, 7) is 1.64. The minimum absolute atomic E-state index is 0.299. The zero-order chi connectivity index (χ0) is 22.5. The summed E-state index contributed by atoms with van der Waals surface area (Å²) < 4.78 is 18.5. The summed E-state index contributed by atoms with van der Waals surface area (Å²) in [7, 11) is 1.53. The van der Waals surface area contributed by atoms with Crippen molar-refractivity contribution in [2.45, 2.75) is 32.1 Å². The van der Waals surface area contributed by atoms with Gasteiger partial charge in [0.2, 0.25) is 17.8 Å². The van der Waals surface area contributed by atoms with Crippen LogP contribution in [0.2, 0.25) is 0 Å². The lowest BCUT2D eigenvalue weighted by Crippen LogP contribution is -2.35. The van der Waals surface area contributed by atoms with Gasteiger partial charge in [-0.25, -0.2) is 9.97 Å². The lowest BCUT2D eigenvalue weighted by molar-refractivity contribution is -0.115. The molecule has 0 atom stereocenters. The highest BCUT2D eigenvalue weighted by Crippen LogP contribution is 2.29. The number of amides is 2. The number of halogens is 1. The van der Waals surface area contributed by atoms with Crippen LogP contribution in [0.4, 0.5) is 15.1 Å². The molecule has 8 nitrogen and oxygen atoms in total. The zero-order valence-electron chi connectivity index (χ0n) is 17.7. The minimum atomic E-state index is -0.428. The summed E-state index contributed by atoms with van der Waals surface area (Å²) in [5.41, 5.74) is 1.31. The molecule has 0 radical (unpaired) electrons. The first kappa shape index (κ1) is 22.2. The van der Waals surface area contributed by atoms with Crippen LogP contribution >= 0.6 is 11.8 Å². The second-order valence-electron chi connectivity index (χ2n) is 7.76. The van der Waals surface area contributed by atoms with E-state index in [-0.39, 0.29) is 0 Å². The second-order valence-corrected chi connectivity index (χ2v) is 8.78. The largest absolute Gasteiger partial charge is 0.481 e. The smallest absolute Gasteiger partial charge is 0.290 e. The predicted octanol–water partition coefficient (Wildman–Crippen LogP) is 3.58. The number of carbonyl (C=O) groups excluding carboxylic acids is 2. The van der Waals surface area contributed by atoms with Crippen molar-refractivity contribution in [2.75, 3.05) is 25.1 Å². The minimum Gasteiger partial charge on any atom is -0.481 e. The highest BCUT2D eigenvalue weighted by Gasteiger charge is 2.26. The Kier molecular flexibility index (Phi) is 6.99. The number of rotatable bonds is 7. The van der Waals surface area contributed by atoms with E-state index in [1.807, 2.05) is 6.07 Å². The van der Waals surface area contributed by atoms with Crippen molar-refractivity contribution in [3.8, 4) is 5.88 Å². The Morgan fingerprint density at radius 3 is 2.75 bits per heavy atom. The summed E-state index contributed by atoms with van der Waals surface area (Å²) >= 11 is 0.852. The lowest BCUT2D eigenvalue weighted by atomic mass is 9.91. The van der Waals surface area contributed by atoms with Gasteiger partial charge in [0.25, 0.3) is 11.1 Å². The van der Waals surface area contributed by atoms with Crippen LogP contribution in [0.15, 0.2) is 29.2 Å². The first-order chi connectivity index (χ1) is 15.5. The maximum atomic E-state index is 13.2. The van der Waals surface area contributed by atoms with Gasteiger partial charge in [0.15, 0.2) is 0 Å². The molecule has 2 amide bonds.